The van der Waals surface area contributed by atoms with Crippen molar-refractivity contribution in [1.29, 1.82) is 0 Å². The maximum absolute atomic E-state index is 13.8. The van der Waals surface area contributed by atoms with E-state index >= 15 is 0 Å². The van der Waals surface area contributed by atoms with Gasteiger partial charge in [-0.15, -0.1) is 0 Å². The molecule has 1 rings (SSSR count). The molecule has 0 saturated carbocycles. The number of benzene rings is 1. The zero-order chi connectivity index (χ0) is 12.5. The van der Waals surface area contributed by atoms with Crippen molar-refractivity contribution in [3.8, 4) is 0 Å². The minimum atomic E-state index is -0.916. The molecule has 0 bridgehead atoms. The number of halogens is 2. The lowest BCUT2D eigenvalue weighted by Gasteiger charge is -2.16. The number of hydrogen-bond donors (Lipinski definition) is 1. The minimum absolute atomic E-state index is 0.330. The average Bonchev–Trinajstić information content (AvgIpc) is 2.23. The Bertz CT molecular complexity index is 430. The van der Waals surface area contributed by atoms with Crippen LogP contribution in [-0.4, -0.2) is 11.1 Å². The van der Waals surface area contributed by atoms with Gasteiger partial charge in [-0.05, 0) is 43.0 Å². The van der Waals surface area contributed by atoms with Crippen LogP contribution in [0.2, 0.25) is 0 Å². The zero-order valence-corrected chi connectivity index (χ0v) is 11.1. The largest absolute Gasteiger partial charge is 0.481 e. The number of carboxylic acids is 1. The quantitative estimate of drug-likeness (QED) is 0.919. The van der Waals surface area contributed by atoms with E-state index in [1.54, 1.807) is 26.8 Å². The molecule has 0 amide bonds. The molecular formula is C12H14BrFO2. The molecule has 0 aliphatic rings. The maximum atomic E-state index is 13.8. The van der Waals surface area contributed by atoms with Gasteiger partial charge in [0.05, 0.1) is 5.92 Å². The summed E-state index contributed by atoms with van der Waals surface area (Å²) in [5, 5.41) is 9.06. The minimum Gasteiger partial charge on any atom is -0.481 e. The van der Waals surface area contributed by atoms with Crippen molar-refractivity contribution in [1.82, 2.24) is 0 Å². The highest BCUT2D eigenvalue weighted by molar-refractivity contribution is 9.10. The number of hydrogen-bond acceptors (Lipinski definition) is 1. The van der Waals surface area contributed by atoms with Gasteiger partial charge < -0.3 is 5.11 Å². The van der Waals surface area contributed by atoms with Gasteiger partial charge in [0, 0.05) is 4.47 Å². The van der Waals surface area contributed by atoms with Crippen molar-refractivity contribution < 1.29 is 14.3 Å². The molecule has 0 fully saturated rings. The summed E-state index contributed by atoms with van der Waals surface area (Å²) in [5.74, 6) is -1.89. The van der Waals surface area contributed by atoms with Gasteiger partial charge in [-0.3, -0.25) is 4.79 Å². The van der Waals surface area contributed by atoms with Gasteiger partial charge in [-0.1, -0.05) is 22.9 Å². The van der Waals surface area contributed by atoms with Crippen LogP contribution in [0, 0.1) is 19.7 Å². The average molecular weight is 289 g/mol. The van der Waals surface area contributed by atoms with E-state index in [9.17, 15) is 9.18 Å². The normalized spacial score (nSPS) is 12.6. The molecule has 0 aromatic heterocycles. The van der Waals surface area contributed by atoms with E-state index in [4.69, 9.17) is 5.11 Å². The van der Waals surface area contributed by atoms with Crippen LogP contribution in [0.1, 0.15) is 36.0 Å². The standard InChI is InChI=1S/C12H14BrFO2/c1-4-8(12(15)16)9-5-10(13)7(3)11(14)6(9)2/h5,8H,4H2,1-3H3,(H,15,16). The third kappa shape index (κ3) is 2.26. The fourth-order valence-electron chi connectivity index (χ4n) is 1.76. The van der Waals surface area contributed by atoms with Crippen molar-refractivity contribution in [2.45, 2.75) is 33.1 Å². The van der Waals surface area contributed by atoms with E-state index < -0.39 is 11.9 Å². The zero-order valence-electron chi connectivity index (χ0n) is 9.47. The van der Waals surface area contributed by atoms with Crippen LogP contribution in [0.25, 0.3) is 0 Å². The van der Waals surface area contributed by atoms with Crippen molar-refractivity contribution in [2.24, 2.45) is 0 Å². The van der Waals surface area contributed by atoms with E-state index in [-0.39, 0.29) is 5.82 Å². The molecule has 0 aliphatic carbocycles. The van der Waals surface area contributed by atoms with E-state index in [1.807, 2.05) is 0 Å². The van der Waals surface area contributed by atoms with Gasteiger partial charge in [0.15, 0.2) is 0 Å². The molecule has 1 atom stereocenters. The first kappa shape index (κ1) is 13.2. The van der Waals surface area contributed by atoms with Crippen molar-refractivity contribution in [3.63, 3.8) is 0 Å². The van der Waals surface area contributed by atoms with Crippen LogP contribution in [0.3, 0.4) is 0 Å². The Morgan fingerprint density at radius 1 is 1.50 bits per heavy atom. The summed E-state index contributed by atoms with van der Waals surface area (Å²) in [6.45, 7) is 5.07. The summed E-state index contributed by atoms with van der Waals surface area (Å²) in [4.78, 5) is 11.1. The van der Waals surface area contributed by atoms with Crippen LogP contribution >= 0.6 is 15.9 Å². The molecule has 1 N–H and O–H groups in total. The summed E-state index contributed by atoms with van der Waals surface area (Å²) in [6.07, 6.45) is 0.450. The Morgan fingerprint density at radius 3 is 2.50 bits per heavy atom. The molecule has 16 heavy (non-hydrogen) atoms. The second-order valence-electron chi connectivity index (χ2n) is 3.81. The van der Waals surface area contributed by atoms with E-state index in [0.29, 0.717) is 27.6 Å². The molecule has 0 spiro atoms. The van der Waals surface area contributed by atoms with Crippen molar-refractivity contribution in [2.75, 3.05) is 0 Å². The lowest BCUT2D eigenvalue weighted by molar-refractivity contribution is -0.138. The molecule has 1 unspecified atom stereocenters. The van der Waals surface area contributed by atoms with E-state index in [2.05, 4.69) is 15.9 Å². The van der Waals surface area contributed by atoms with Gasteiger partial charge in [-0.2, -0.15) is 0 Å². The second kappa shape index (κ2) is 4.95. The predicted molar refractivity (Wildman–Crippen MR) is 64.2 cm³/mol. The number of carboxylic acid groups (broad SMARTS) is 1. The molecule has 0 heterocycles. The molecule has 2 nitrogen and oxygen atoms in total. The molecule has 1 aromatic rings. The Labute approximate surface area is 103 Å². The molecule has 1 aromatic carbocycles. The third-order valence-corrected chi connectivity index (χ3v) is 3.64. The Morgan fingerprint density at radius 2 is 2.06 bits per heavy atom. The maximum Gasteiger partial charge on any atom is 0.310 e. The first-order valence-electron chi connectivity index (χ1n) is 5.08. The highest BCUT2D eigenvalue weighted by Gasteiger charge is 2.22. The Kier molecular flexibility index (Phi) is 4.08. The van der Waals surface area contributed by atoms with E-state index in [1.165, 1.54) is 0 Å². The van der Waals surface area contributed by atoms with Crippen molar-refractivity contribution in [3.05, 3.63) is 33.0 Å². The summed E-state index contributed by atoms with van der Waals surface area (Å²) in [7, 11) is 0. The number of aliphatic carboxylic acids is 1. The first-order chi connectivity index (χ1) is 7.40. The second-order valence-corrected chi connectivity index (χ2v) is 4.67. The van der Waals surface area contributed by atoms with Crippen LogP contribution in [0.15, 0.2) is 10.5 Å². The molecule has 0 radical (unpaired) electrons. The topological polar surface area (TPSA) is 37.3 Å². The fraction of sp³-hybridized carbons (Fsp3) is 0.417. The van der Waals surface area contributed by atoms with Crippen LogP contribution in [-0.2, 0) is 4.79 Å². The van der Waals surface area contributed by atoms with Gasteiger partial charge >= 0.3 is 5.97 Å². The van der Waals surface area contributed by atoms with Gasteiger partial charge in [-0.25, -0.2) is 4.39 Å². The van der Waals surface area contributed by atoms with Crippen LogP contribution in [0.5, 0.6) is 0 Å². The Balaban J connectivity index is 3.39. The molecule has 0 saturated heterocycles. The molecule has 4 heteroatoms. The Hall–Kier alpha value is -0.900. The molecule has 88 valence electrons. The highest BCUT2D eigenvalue weighted by atomic mass is 79.9. The highest BCUT2D eigenvalue weighted by Crippen LogP contribution is 2.31. The van der Waals surface area contributed by atoms with Crippen molar-refractivity contribution >= 4 is 21.9 Å². The predicted octanol–water partition coefficient (Wildman–Crippen LogP) is 3.78. The molecular weight excluding hydrogens is 275 g/mol. The summed E-state index contributed by atoms with van der Waals surface area (Å²) >= 11 is 3.24. The van der Waals surface area contributed by atoms with Gasteiger partial charge in [0.2, 0.25) is 0 Å². The lowest BCUT2D eigenvalue weighted by Crippen LogP contribution is -2.13. The monoisotopic (exact) mass is 288 g/mol. The summed E-state index contributed by atoms with van der Waals surface area (Å²) in [6, 6.07) is 1.70. The summed E-state index contributed by atoms with van der Waals surface area (Å²) in [5.41, 5.74) is 1.49. The van der Waals surface area contributed by atoms with E-state index in [0.717, 1.165) is 0 Å². The first-order valence-corrected chi connectivity index (χ1v) is 5.87. The van der Waals surface area contributed by atoms with Gasteiger partial charge in [0.1, 0.15) is 5.82 Å². The smallest absolute Gasteiger partial charge is 0.310 e. The van der Waals surface area contributed by atoms with Crippen LogP contribution in [0.4, 0.5) is 4.39 Å². The van der Waals surface area contributed by atoms with Crippen LogP contribution < -0.4 is 0 Å². The van der Waals surface area contributed by atoms with Gasteiger partial charge in [0.25, 0.3) is 0 Å². The number of carbonyl (C=O) groups is 1. The fourth-order valence-corrected chi connectivity index (χ4v) is 2.18. The number of rotatable bonds is 3. The third-order valence-electron chi connectivity index (χ3n) is 2.81. The summed E-state index contributed by atoms with van der Waals surface area (Å²) < 4.78 is 14.4. The molecule has 0 aliphatic heterocycles. The lowest BCUT2D eigenvalue weighted by atomic mass is 9.91. The SMILES string of the molecule is CCC(C(=O)O)c1cc(Br)c(C)c(F)c1C.